The average Bonchev–Trinajstić information content (AvgIpc) is 2.75. The number of aromatic amines is 1. The third-order valence-corrected chi connectivity index (χ3v) is 3.47. The highest BCUT2D eigenvalue weighted by Gasteiger charge is 2.16. The number of aromatic nitrogens is 4. The van der Waals surface area contributed by atoms with Gasteiger partial charge in [0.1, 0.15) is 5.03 Å². The number of hydrogen-bond donors (Lipinski definition) is 2. The summed E-state index contributed by atoms with van der Waals surface area (Å²) in [5.41, 5.74) is -0.370. The van der Waals surface area contributed by atoms with Gasteiger partial charge in [0, 0.05) is 19.7 Å². The van der Waals surface area contributed by atoms with Crippen molar-refractivity contribution >= 4 is 17.6 Å². The Labute approximate surface area is 117 Å². The number of H-pyrrole nitrogens is 1. The van der Waals surface area contributed by atoms with Crippen LogP contribution in [0.2, 0.25) is 0 Å². The second-order valence-corrected chi connectivity index (χ2v) is 4.88. The molecular weight excluding hydrogens is 288 g/mol. The third kappa shape index (κ3) is 2.82. The molecule has 0 amide bonds. The van der Waals surface area contributed by atoms with E-state index in [0.29, 0.717) is 6.54 Å². The number of nitrogens with zero attached hydrogens (tertiary/aromatic N) is 3. The van der Waals surface area contributed by atoms with Crippen LogP contribution < -0.4 is 11.0 Å². The topological polar surface area (TPSA) is 75.6 Å². The van der Waals surface area contributed by atoms with Crippen LogP contribution >= 0.6 is 11.8 Å². The van der Waals surface area contributed by atoms with Crippen LogP contribution in [-0.2, 0) is 6.54 Å². The minimum absolute atomic E-state index is 0.0490. The summed E-state index contributed by atoms with van der Waals surface area (Å²) in [7, 11) is 1.49. The van der Waals surface area contributed by atoms with Gasteiger partial charge < -0.3 is 5.32 Å². The Kier molecular flexibility index (Phi) is 4.38. The van der Waals surface area contributed by atoms with Gasteiger partial charge in [0.25, 0.3) is 0 Å². The molecule has 0 fully saturated rings. The number of rotatable bonds is 5. The molecule has 0 radical (unpaired) electrons. The zero-order valence-corrected chi connectivity index (χ0v) is 11.7. The van der Waals surface area contributed by atoms with E-state index in [1.54, 1.807) is 0 Å². The van der Waals surface area contributed by atoms with Crippen LogP contribution in [0.5, 0.6) is 0 Å². The molecule has 0 aliphatic heterocycles. The first-order chi connectivity index (χ1) is 9.56. The molecule has 0 atom stereocenters. The highest BCUT2D eigenvalue weighted by Crippen LogP contribution is 2.28. The Morgan fingerprint density at radius 1 is 1.45 bits per heavy atom. The third-order valence-electron chi connectivity index (χ3n) is 2.49. The van der Waals surface area contributed by atoms with Crippen molar-refractivity contribution in [2.75, 3.05) is 12.4 Å². The molecular formula is C11H13F2N5OS. The Hall–Kier alpha value is -1.90. The van der Waals surface area contributed by atoms with Gasteiger partial charge in [-0.15, -0.1) is 5.10 Å². The van der Waals surface area contributed by atoms with E-state index in [9.17, 15) is 13.6 Å². The highest BCUT2D eigenvalue weighted by molar-refractivity contribution is 7.99. The average molecular weight is 301 g/mol. The number of hydrogen-bond acceptors (Lipinski definition) is 5. The maximum Gasteiger partial charge on any atom is 0.343 e. The van der Waals surface area contributed by atoms with Gasteiger partial charge in [-0.05, 0) is 18.2 Å². The van der Waals surface area contributed by atoms with E-state index in [2.05, 4.69) is 20.5 Å². The molecule has 0 aliphatic rings. The van der Waals surface area contributed by atoms with E-state index in [4.69, 9.17) is 0 Å². The van der Waals surface area contributed by atoms with Crippen LogP contribution in [0.15, 0.2) is 21.0 Å². The summed E-state index contributed by atoms with van der Waals surface area (Å²) in [6, 6.07) is 0.746. The molecule has 0 saturated carbocycles. The van der Waals surface area contributed by atoms with Crippen molar-refractivity contribution in [1.29, 1.82) is 0 Å². The Balaban J connectivity index is 2.37. The van der Waals surface area contributed by atoms with Crippen molar-refractivity contribution in [2.45, 2.75) is 30.1 Å². The summed E-state index contributed by atoms with van der Waals surface area (Å²) in [6.07, 6.45) is 0.730. The molecule has 20 heavy (non-hydrogen) atoms. The molecule has 0 bridgehead atoms. The van der Waals surface area contributed by atoms with Crippen molar-refractivity contribution in [3.63, 3.8) is 0 Å². The summed E-state index contributed by atoms with van der Waals surface area (Å²) < 4.78 is 28.4. The van der Waals surface area contributed by atoms with Crippen molar-refractivity contribution in [3.8, 4) is 0 Å². The predicted molar refractivity (Wildman–Crippen MR) is 71.0 cm³/mol. The lowest BCUT2D eigenvalue weighted by Crippen LogP contribution is -2.17. The predicted octanol–water partition coefficient (Wildman–Crippen LogP) is 1.85. The molecule has 6 nitrogen and oxygen atoms in total. The Morgan fingerprint density at radius 2 is 2.20 bits per heavy atom. The molecule has 0 saturated heterocycles. The smallest absolute Gasteiger partial charge is 0.343 e. The summed E-state index contributed by atoms with van der Waals surface area (Å²) in [5.74, 6) is -1.64. The molecule has 0 unspecified atom stereocenters. The second-order valence-electron chi connectivity index (χ2n) is 3.92. The summed E-state index contributed by atoms with van der Waals surface area (Å²) in [4.78, 5) is 15.4. The molecule has 2 N–H and O–H groups in total. The lowest BCUT2D eigenvalue weighted by Gasteiger charge is -2.07. The molecule has 9 heteroatoms. The van der Waals surface area contributed by atoms with Crippen molar-refractivity contribution in [1.82, 2.24) is 19.7 Å². The van der Waals surface area contributed by atoms with Gasteiger partial charge in [-0.3, -0.25) is 4.57 Å². The van der Waals surface area contributed by atoms with Gasteiger partial charge in [-0.25, -0.2) is 23.7 Å². The van der Waals surface area contributed by atoms with Gasteiger partial charge in [-0.1, -0.05) is 6.92 Å². The normalized spacial score (nSPS) is 10.8. The van der Waals surface area contributed by atoms with Gasteiger partial charge in [-0.2, -0.15) is 0 Å². The van der Waals surface area contributed by atoms with Gasteiger partial charge in [0.05, 0.1) is 0 Å². The van der Waals surface area contributed by atoms with Crippen LogP contribution in [0.3, 0.4) is 0 Å². The largest absolute Gasteiger partial charge is 0.371 e. The van der Waals surface area contributed by atoms with Gasteiger partial charge in [0.15, 0.2) is 22.6 Å². The number of anilines is 1. The van der Waals surface area contributed by atoms with Crippen LogP contribution in [0.1, 0.15) is 13.3 Å². The first kappa shape index (κ1) is 14.5. The number of halogens is 2. The molecule has 2 rings (SSSR count). The minimum Gasteiger partial charge on any atom is -0.371 e. The quantitative estimate of drug-likeness (QED) is 0.881. The van der Waals surface area contributed by atoms with E-state index < -0.39 is 11.6 Å². The molecule has 2 aromatic heterocycles. The Morgan fingerprint density at radius 3 is 2.85 bits per heavy atom. The molecule has 0 aliphatic carbocycles. The summed E-state index contributed by atoms with van der Waals surface area (Å²) in [5, 5.41) is 8.89. The zero-order valence-electron chi connectivity index (χ0n) is 10.9. The Bertz CT molecular complexity index is 669. The molecule has 0 spiro atoms. The van der Waals surface area contributed by atoms with E-state index in [-0.39, 0.29) is 21.7 Å². The standard InChI is InChI=1S/C11H13F2N5OS/c1-3-4-18-10(19)16-17-11(18)20-9-7(13)5-6(12)8(14-2)15-9/h5H,3-4H2,1-2H3,(H,14,15)(H,16,19). The second kappa shape index (κ2) is 6.04. The fraction of sp³-hybridized carbons (Fsp3) is 0.364. The van der Waals surface area contributed by atoms with E-state index in [1.165, 1.54) is 11.6 Å². The molecule has 2 aromatic rings. The van der Waals surface area contributed by atoms with E-state index in [1.807, 2.05) is 6.92 Å². The summed E-state index contributed by atoms with van der Waals surface area (Å²) in [6.45, 7) is 2.36. The molecule has 108 valence electrons. The monoisotopic (exact) mass is 301 g/mol. The maximum absolute atomic E-state index is 13.7. The van der Waals surface area contributed by atoms with Crippen LogP contribution in [0, 0.1) is 11.6 Å². The number of pyridine rings is 1. The SMILES string of the molecule is CCCn1c(Sc2nc(NC)c(F)cc2F)n[nH]c1=O. The molecule has 0 aromatic carbocycles. The summed E-state index contributed by atoms with van der Waals surface area (Å²) >= 11 is 0.868. The zero-order chi connectivity index (χ0) is 14.7. The van der Waals surface area contributed by atoms with Crippen molar-refractivity contribution in [3.05, 3.63) is 28.2 Å². The van der Waals surface area contributed by atoms with Gasteiger partial charge in [0.2, 0.25) is 0 Å². The maximum atomic E-state index is 13.7. The lowest BCUT2D eigenvalue weighted by molar-refractivity contribution is 0.550. The highest BCUT2D eigenvalue weighted by atomic mass is 32.2. The van der Waals surface area contributed by atoms with E-state index >= 15 is 0 Å². The van der Waals surface area contributed by atoms with Crippen LogP contribution in [-0.4, -0.2) is 26.8 Å². The minimum atomic E-state index is -0.801. The first-order valence-electron chi connectivity index (χ1n) is 5.93. The fourth-order valence-electron chi connectivity index (χ4n) is 1.59. The lowest BCUT2D eigenvalue weighted by atomic mass is 10.4. The molecule has 2 heterocycles. The van der Waals surface area contributed by atoms with E-state index in [0.717, 1.165) is 24.2 Å². The fourth-order valence-corrected chi connectivity index (χ4v) is 2.43. The van der Waals surface area contributed by atoms with Crippen LogP contribution in [0.4, 0.5) is 14.6 Å². The van der Waals surface area contributed by atoms with Crippen LogP contribution in [0.25, 0.3) is 0 Å². The van der Waals surface area contributed by atoms with Crippen molar-refractivity contribution in [2.24, 2.45) is 0 Å². The van der Waals surface area contributed by atoms with Crippen molar-refractivity contribution < 1.29 is 8.78 Å². The van der Waals surface area contributed by atoms with Gasteiger partial charge >= 0.3 is 5.69 Å². The first-order valence-corrected chi connectivity index (χ1v) is 6.75. The number of nitrogens with one attached hydrogen (secondary N) is 2.